The van der Waals surface area contributed by atoms with Crippen LogP contribution in [0.5, 0.6) is 0 Å². The van der Waals surface area contributed by atoms with Gasteiger partial charge in [0.15, 0.2) is 0 Å². The van der Waals surface area contributed by atoms with Gasteiger partial charge >= 0.3 is 0 Å². The zero-order valence-corrected chi connectivity index (χ0v) is 16.2. The van der Waals surface area contributed by atoms with E-state index in [1.807, 2.05) is 30.5 Å². The molecule has 0 aliphatic heterocycles. The number of aromatic nitrogens is 2. The molecule has 1 amide bonds. The molecule has 2 aromatic carbocycles. The molecule has 0 saturated carbocycles. The van der Waals surface area contributed by atoms with E-state index in [1.54, 1.807) is 36.7 Å². The summed E-state index contributed by atoms with van der Waals surface area (Å²) >= 11 is 0. The molecule has 0 saturated heterocycles. The van der Waals surface area contributed by atoms with Gasteiger partial charge in [0.1, 0.15) is 11.6 Å². The lowest BCUT2D eigenvalue weighted by Gasteiger charge is -2.11. The second-order valence-corrected chi connectivity index (χ2v) is 6.86. The summed E-state index contributed by atoms with van der Waals surface area (Å²) in [6.07, 6.45) is 5.86. The molecular formula is C23H21FN4O2. The van der Waals surface area contributed by atoms with E-state index in [1.165, 1.54) is 6.07 Å². The number of furan rings is 1. The maximum Gasteiger partial charge on any atom is 0.224 e. The second kappa shape index (κ2) is 9.09. The zero-order chi connectivity index (χ0) is 20.8. The van der Waals surface area contributed by atoms with Gasteiger partial charge in [-0.25, -0.2) is 4.39 Å². The van der Waals surface area contributed by atoms with E-state index in [2.05, 4.69) is 20.8 Å². The number of rotatable bonds is 8. The summed E-state index contributed by atoms with van der Waals surface area (Å²) < 4.78 is 19.3. The Bertz CT molecular complexity index is 1090. The minimum absolute atomic E-state index is 0.153. The Hall–Kier alpha value is -3.87. The van der Waals surface area contributed by atoms with Gasteiger partial charge < -0.3 is 15.1 Å². The predicted octanol–water partition coefficient (Wildman–Crippen LogP) is 4.99. The van der Waals surface area contributed by atoms with Gasteiger partial charge in [-0.05, 0) is 41.5 Å². The third-order valence-corrected chi connectivity index (χ3v) is 4.70. The molecule has 0 aliphatic rings. The molecule has 3 N–H and O–H groups in total. The van der Waals surface area contributed by atoms with Crippen LogP contribution in [0, 0.1) is 5.82 Å². The van der Waals surface area contributed by atoms with Crippen LogP contribution in [-0.2, 0) is 17.8 Å². The van der Waals surface area contributed by atoms with Crippen LogP contribution in [0.4, 0.5) is 15.8 Å². The van der Waals surface area contributed by atoms with Gasteiger partial charge in [0.05, 0.1) is 18.1 Å². The van der Waals surface area contributed by atoms with Gasteiger partial charge in [0.25, 0.3) is 0 Å². The number of amides is 1. The molecule has 0 atom stereocenters. The number of hydrogen-bond donors (Lipinski definition) is 3. The largest absolute Gasteiger partial charge is 0.469 e. The highest BCUT2D eigenvalue weighted by molar-refractivity contribution is 5.91. The third kappa shape index (κ3) is 4.94. The van der Waals surface area contributed by atoms with E-state index in [4.69, 9.17) is 4.42 Å². The molecule has 0 bridgehead atoms. The SMILES string of the molecule is O=C(CCc1ccco1)Nc1cc(NCc2ccc(-c3cn[nH]c3)cc2)ccc1F. The van der Waals surface area contributed by atoms with E-state index in [9.17, 15) is 9.18 Å². The van der Waals surface area contributed by atoms with Crippen LogP contribution in [-0.4, -0.2) is 16.1 Å². The summed E-state index contributed by atoms with van der Waals surface area (Å²) in [5.74, 6) is -0.0199. The quantitative estimate of drug-likeness (QED) is 0.386. The second-order valence-electron chi connectivity index (χ2n) is 6.86. The molecule has 0 spiro atoms. The molecule has 2 heterocycles. The number of benzene rings is 2. The van der Waals surface area contributed by atoms with Crippen LogP contribution in [0.15, 0.2) is 77.7 Å². The summed E-state index contributed by atoms with van der Waals surface area (Å²) in [7, 11) is 0. The van der Waals surface area contributed by atoms with Crippen LogP contribution in [0.3, 0.4) is 0 Å². The van der Waals surface area contributed by atoms with Crippen molar-refractivity contribution in [3.63, 3.8) is 0 Å². The van der Waals surface area contributed by atoms with Crippen molar-refractivity contribution in [3.8, 4) is 11.1 Å². The molecule has 152 valence electrons. The summed E-state index contributed by atoms with van der Waals surface area (Å²) in [6, 6.07) is 16.3. The number of carbonyl (C=O) groups excluding carboxylic acids is 1. The number of nitrogens with zero attached hydrogens (tertiary/aromatic N) is 1. The topological polar surface area (TPSA) is 82.9 Å². The molecule has 6 nitrogen and oxygen atoms in total. The van der Waals surface area contributed by atoms with Crippen LogP contribution < -0.4 is 10.6 Å². The van der Waals surface area contributed by atoms with Crippen molar-refractivity contribution in [3.05, 3.63) is 90.4 Å². The average molecular weight is 404 g/mol. The molecule has 0 unspecified atom stereocenters. The molecule has 0 radical (unpaired) electrons. The van der Waals surface area contributed by atoms with Crippen molar-refractivity contribution in [1.82, 2.24) is 10.2 Å². The Morgan fingerprint density at radius 3 is 2.70 bits per heavy atom. The molecule has 30 heavy (non-hydrogen) atoms. The Labute approximate surface area is 173 Å². The van der Waals surface area contributed by atoms with Crippen LogP contribution in [0.1, 0.15) is 17.7 Å². The summed E-state index contributed by atoms with van der Waals surface area (Å²) in [6.45, 7) is 0.573. The Morgan fingerprint density at radius 2 is 1.97 bits per heavy atom. The molecule has 4 aromatic rings. The van der Waals surface area contributed by atoms with Gasteiger partial charge in [0, 0.05) is 36.8 Å². The smallest absolute Gasteiger partial charge is 0.224 e. The summed E-state index contributed by atoms with van der Waals surface area (Å²) in [4.78, 5) is 12.1. The van der Waals surface area contributed by atoms with Crippen LogP contribution >= 0.6 is 0 Å². The zero-order valence-electron chi connectivity index (χ0n) is 16.2. The minimum Gasteiger partial charge on any atom is -0.469 e. The fourth-order valence-corrected chi connectivity index (χ4v) is 3.06. The van der Waals surface area contributed by atoms with Gasteiger partial charge in [0.2, 0.25) is 5.91 Å². The number of carbonyl (C=O) groups is 1. The number of H-pyrrole nitrogens is 1. The molecular weight excluding hydrogens is 383 g/mol. The average Bonchev–Trinajstić information content (AvgIpc) is 3.47. The van der Waals surface area contributed by atoms with Crippen molar-refractivity contribution in [2.75, 3.05) is 10.6 Å². The number of hydrogen-bond acceptors (Lipinski definition) is 4. The van der Waals surface area contributed by atoms with Gasteiger partial charge in [-0.1, -0.05) is 24.3 Å². The van der Waals surface area contributed by atoms with Crippen molar-refractivity contribution < 1.29 is 13.6 Å². The number of nitrogens with one attached hydrogen (secondary N) is 3. The van der Waals surface area contributed by atoms with Crippen LogP contribution in [0.2, 0.25) is 0 Å². The maximum absolute atomic E-state index is 14.1. The van der Waals surface area contributed by atoms with Crippen molar-refractivity contribution in [1.29, 1.82) is 0 Å². The first-order valence-corrected chi connectivity index (χ1v) is 9.61. The fraction of sp³-hybridized carbons (Fsp3) is 0.130. The Balaban J connectivity index is 1.34. The number of halogens is 1. The molecule has 0 fully saturated rings. The minimum atomic E-state index is -0.476. The van der Waals surface area contributed by atoms with Gasteiger partial charge in [-0.2, -0.15) is 5.10 Å². The lowest BCUT2D eigenvalue weighted by molar-refractivity contribution is -0.116. The normalized spacial score (nSPS) is 10.7. The number of anilines is 2. The molecule has 4 rings (SSSR count). The Kier molecular flexibility index (Phi) is 5.89. The van der Waals surface area contributed by atoms with Crippen molar-refractivity contribution in [2.45, 2.75) is 19.4 Å². The summed E-state index contributed by atoms with van der Waals surface area (Å²) in [5, 5.41) is 12.6. The van der Waals surface area contributed by atoms with E-state index in [0.717, 1.165) is 28.1 Å². The van der Waals surface area contributed by atoms with Crippen molar-refractivity contribution in [2.24, 2.45) is 0 Å². The lowest BCUT2D eigenvalue weighted by Crippen LogP contribution is -2.13. The van der Waals surface area contributed by atoms with Gasteiger partial charge in [-0.15, -0.1) is 0 Å². The highest BCUT2D eigenvalue weighted by atomic mass is 19.1. The molecule has 7 heteroatoms. The van der Waals surface area contributed by atoms with E-state index in [-0.39, 0.29) is 18.0 Å². The Morgan fingerprint density at radius 1 is 1.10 bits per heavy atom. The first kappa shape index (κ1) is 19.4. The standard InChI is InChI=1S/C23H21FN4O2/c24-21-9-7-19(12-22(21)28-23(29)10-8-20-2-1-11-30-20)25-13-16-3-5-17(6-4-16)18-14-26-27-15-18/h1-7,9,11-12,14-15,25H,8,10,13H2,(H,26,27)(H,28,29). The third-order valence-electron chi connectivity index (χ3n) is 4.70. The maximum atomic E-state index is 14.1. The van der Waals surface area contributed by atoms with Crippen molar-refractivity contribution >= 4 is 17.3 Å². The van der Waals surface area contributed by atoms with E-state index < -0.39 is 5.82 Å². The number of aryl methyl sites for hydroxylation is 1. The summed E-state index contributed by atoms with van der Waals surface area (Å²) in [5.41, 5.74) is 4.06. The highest BCUT2D eigenvalue weighted by Crippen LogP contribution is 2.22. The molecule has 0 aliphatic carbocycles. The number of aromatic amines is 1. The predicted molar refractivity (Wildman–Crippen MR) is 113 cm³/mol. The van der Waals surface area contributed by atoms with E-state index in [0.29, 0.717) is 13.0 Å². The van der Waals surface area contributed by atoms with E-state index >= 15 is 0 Å². The van der Waals surface area contributed by atoms with Gasteiger partial charge in [-0.3, -0.25) is 9.89 Å². The lowest BCUT2D eigenvalue weighted by atomic mass is 10.1. The first-order chi connectivity index (χ1) is 14.7. The molecule has 2 aromatic heterocycles. The fourth-order valence-electron chi connectivity index (χ4n) is 3.06. The highest BCUT2D eigenvalue weighted by Gasteiger charge is 2.09. The first-order valence-electron chi connectivity index (χ1n) is 9.61. The monoisotopic (exact) mass is 404 g/mol. The van der Waals surface area contributed by atoms with Crippen LogP contribution in [0.25, 0.3) is 11.1 Å².